The molecule has 4 nitrogen and oxygen atoms in total. The summed E-state index contributed by atoms with van der Waals surface area (Å²) in [6.45, 7) is 0.489. The number of hydrogen-bond acceptors (Lipinski definition) is 3. The van der Waals surface area contributed by atoms with Crippen LogP contribution in [0, 0.1) is 0 Å². The van der Waals surface area contributed by atoms with Crippen molar-refractivity contribution in [2.75, 3.05) is 6.54 Å². The van der Waals surface area contributed by atoms with Crippen LogP contribution in [0.3, 0.4) is 0 Å². The van der Waals surface area contributed by atoms with Crippen LogP contribution in [0.4, 0.5) is 0 Å². The number of aliphatic carboxylic acids is 1. The summed E-state index contributed by atoms with van der Waals surface area (Å²) in [5.41, 5.74) is 1.16. The first kappa shape index (κ1) is 10.7. The molecule has 0 aliphatic carbocycles. The van der Waals surface area contributed by atoms with Crippen LogP contribution >= 0.6 is 11.3 Å². The van der Waals surface area contributed by atoms with Gasteiger partial charge in [-0.15, -0.1) is 0 Å². The van der Waals surface area contributed by atoms with Crippen molar-refractivity contribution in [1.82, 2.24) is 5.32 Å². The summed E-state index contributed by atoms with van der Waals surface area (Å²) in [6.07, 6.45) is 0.290. The molecule has 1 heterocycles. The van der Waals surface area contributed by atoms with Crippen LogP contribution in [0.5, 0.6) is 0 Å². The summed E-state index contributed by atoms with van der Waals surface area (Å²) in [7, 11) is 0. The molecule has 2 N–H and O–H groups in total. The second-order valence-corrected chi connectivity index (χ2v) is 3.58. The first-order valence-electron chi connectivity index (χ1n) is 4.18. The van der Waals surface area contributed by atoms with Crippen LogP contribution in [-0.4, -0.2) is 23.5 Å². The van der Waals surface area contributed by atoms with Crippen LogP contribution in [0.15, 0.2) is 16.8 Å². The van der Waals surface area contributed by atoms with Crippen molar-refractivity contribution in [2.45, 2.75) is 12.8 Å². The lowest BCUT2D eigenvalue weighted by atomic mass is 10.2. The number of nitrogens with one attached hydrogen (secondary N) is 1. The number of carbonyl (C=O) groups is 2. The van der Waals surface area contributed by atoms with Gasteiger partial charge in [0.25, 0.3) is 0 Å². The molecule has 0 aliphatic rings. The number of carbonyl (C=O) groups excluding carboxylic acids is 1. The Morgan fingerprint density at radius 1 is 1.50 bits per heavy atom. The van der Waals surface area contributed by atoms with E-state index in [0.717, 1.165) is 12.0 Å². The van der Waals surface area contributed by atoms with E-state index < -0.39 is 18.3 Å². The van der Waals surface area contributed by atoms with Crippen molar-refractivity contribution in [3.63, 3.8) is 0 Å². The molecule has 0 saturated carbocycles. The number of hydrogen-bond donors (Lipinski definition) is 2. The van der Waals surface area contributed by atoms with Gasteiger partial charge in [0, 0.05) is 6.54 Å². The number of carboxylic acids is 1. The monoisotopic (exact) mass is 213 g/mol. The molecule has 1 amide bonds. The largest absolute Gasteiger partial charge is 0.481 e. The second kappa shape index (κ2) is 5.39. The van der Waals surface area contributed by atoms with Crippen LogP contribution in [0.1, 0.15) is 12.0 Å². The number of thiophene rings is 1. The van der Waals surface area contributed by atoms with Gasteiger partial charge in [0.1, 0.15) is 6.42 Å². The third kappa shape index (κ3) is 4.04. The van der Waals surface area contributed by atoms with E-state index in [9.17, 15) is 9.59 Å². The normalized spacial score (nSPS) is 9.71. The minimum atomic E-state index is -1.10. The van der Waals surface area contributed by atoms with E-state index >= 15 is 0 Å². The van der Waals surface area contributed by atoms with Gasteiger partial charge in [0.2, 0.25) is 5.91 Å². The van der Waals surface area contributed by atoms with Crippen LogP contribution < -0.4 is 5.32 Å². The van der Waals surface area contributed by atoms with Crippen molar-refractivity contribution < 1.29 is 14.7 Å². The van der Waals surface area contributed by atoms with Crippen molar-refractivity contribution in [3.05, 3.63) is 22.4 Å². The van der Waals surface area contributed by atoms with Crippen molar-refractivity contribution >= 4 is 23.2 Å². The lowest BCUT2D eigenvalue weighted by Gasteiger charge is -2.01. The summed E-state index contributed by atoms with van der Waals surface area (Å²) in [4.78, 5) is 21.0. The Labute approximate surface area is 85.6 Å². The van der Waals surface area contributed by atoms with Gasteiger partial charge in [-0.1, -0.05) is 0 Å². The van der Waals surface area contributed by atoms with E-state index in [-0.39, 0.29) is 0 Å². The smallest absolute Gasteiger partial charge is 0.312 e. The zero-order chi connectivity index (χ0) is 10.4. The fourth-order valence-electron chi connectivity index (χ4n) is 0.981. The molecule has 0 aromatic carbocycles. The van der Waals surface area contributed by atoms with Crippen LogP contribution in [0.2, 0.25) is 0 Å². The molecule has 1 aromatic rings. The Balaban J connectivity index is 2.15. The summed E-state index contributed by atoms with van der Waals surface area (Å²) in [6, 6.07) is 1.98. The first-order valence-corrected chi connectivity index (χ1v) is 5.12. The van der Waals surface area contributed by atoms with E-state index in [1.165, 1.54) is 0 Å². The topological polar surface area (TPSA) is 66.4 Å². The highest BCUT2D eigenvalue weighted by atomic mass is 32.1. The molecule has 0 unspecified atom stereocenters. The van der Waals surface area contributed by atoms with Gasteiger partial charge in [0.15, 0.2) is 0 Å². The van der Waals surface area contributed by atoms with Gasteiger partial charge < -0.3 is 10.4 Å². The molecule has 1 aromatic heterocycles. The third-order valence-electron chi connectivity index (χ3n) is 1.63. The molecule has 0 radical (unpaired) electrons. The molecule has 1 rings (SSSR count). The third-order valence-corrected chi connectivity index (χ3v) is 2.36. The van der Waals surface area contributed by atoms with Crippen molar-refractivity contribution in [3.8, 4) is 0 Å². The van der Waals surface area contributed by atoms with E-state index in [1.54, 1.807) is 11.3 Å². The fraction of sp³-hybridized carbons (Fsp3) is 0.333. The predicted octanol–water partition coefficient (Wildman–Crippen LogP) is 0.881. The van der Waals surface area contributed by atoms with E-state index in [4.69, 9.17) is 5.11 Å². The number of carboxylic acid groups (broad SMARTS) is 1. The predicted molar refractivity (Wildman–Crippen MR) is 53.3 cm³/mol. The molecule has 76 valence electrons. The molecule has 0 aliphatic heterocycles. The molecule has 0 spiro atoms. The zero-order valence-corrected chi connectivity index (χ0v) is 8.34. The number of amides is 1. The molecule has 5 heteroatoms. The van der Waals surface area contributed by atoms with Crippen molar-refractivity contribution in [1.29, 1.82) is 0 Å². The van der Waals surface area contributed by atoms with Gasteiger partial charge in [-0.05, 0) is 28.8 Å². The maximum absolute atomic E-state index is 10.9. The first-order chi connectivity index (χ1) is 6.68. The Bertz CT molecular complexity index is 308. The molecule has 0 bridgehead atoms. The van der Waals surface area contributed by atoms with E-state index in [2.05, 4.69) is 5.32 Å². The molecular formula is C9H11NO3S. The van der Waals surface area contributed by atoms with Crippen molar-refractivity contribution in [2.24, 2.45) is 0 Å². The minimum absolute atomic E-state index is 0.437. The Morgan fingerprint density at radius 3 is 2.86 bits per heavy atom. The SMILES string of the molecule is O=C(O)CC(=O)NCCc1ccsc1. The van der Waals surface area contributed by atoms with E-state index in [0.29, 0.717) is 6.54 Å². The van der Waals surface area contributed by atoms with Crippen LogP contribution in [0.25, 0.3) is 0 Å². The Kier molecular flexibility index (Phi) is 4.12. The summed E-state index contributed by atoms with van der Waals surface area (Å²) in [5, 5.41) is 14.8. The molecule has 0 saturated heterocycles. The van der Waals surface area contributed by atoms with Gasteiger partial charge in [-0.25, -0.2) is 0 Å². The lowest BCUT2D eigenvalue weighted by molar-refractivity contribution is -0.140. The lowest BCUT2D eigenvalue weighted by Crippen LogP contribution is -2.27. The average molecular weight is 213 g/mol. The standard InChI is InChI=1S/C9H11NO3S/c11-8(5-9(12)13)10-3-1-7-2-4-14-6-7/h2,4,6H,1,3,5H2,(H,10,11)(H,12,13). The average Bonchev–Trinajstić information content (AvgIpc) is 2.55. The highest BCUT2D eigenvalue weighted by Crippen LogP contribution is 2.05. The highest BCUT2D eigenvalue weighted by Gasteiger charge is 2.05. The summed E-state index contributed by atoms with van der Waals surface area (Å²) in [5.74, 6) is -1.54. The molecule has 0 fully saturated rings. The summed E-state index contributed by atoms with van der Waals surface area (Å²) < 4.78 is 0. The van der Waals surface area contributed by atoms with Gasteiger partial charge >= 0.3 is 5.97 Å². The maximum atomic E-state index is 10.9. The quantitative estimate of drug-likeness (QED) is 0.713. The fourth-order valence-corrected chi connectivity index (χ4v) is 1.68. The second-order valence-electron chi connectivity index (χ2n) is 2.80. The van der Waals surface area contributed by atoms with Crippen LogP contribution in [-0.2, 0) is 16.0 Å². The van der Waals surface area contributed by atoms with Gasteiger partial charge in [-0.2, -0.15) is 11.3 Å². The Hall–Kier alpha value is -1.36. The molecule has 0 atom stereocenters. The van der Waals surface area contributed by atoms with E-state index in [1.807, 2.05) is 16.8 Å². The molecular weight excluding hydrogens is 202 g/mol. The maximum Gasteiger partial charge on any atom is 0.312 e. The Morgan fingerprint density at radius 2 is 2.29 bits per heavy atom. The zero-order valence-electron chi connectivity index (χ0n) is 7.53. The minimum Gasteiger partial charge on any atom is -0.481 e. The van der Waals surface area contributed by atoms with Gasteiger partial charge in [-0.3, -0.25) is 9.59 Å². The summed E-state index contributed by atoms with van der Waals surface area (Å²) >= 11 is 1.60. The highest BCUT2D eigenvalue weighted by molar-refractivity contribution is 7.07. The van der Waals surface area contributed by atoms with Gasteiger partial charge in [0.05, 0.1) is 0 Å². The molecule has 14 heavy (non-hydrogen) atoms. The number of rotatable bonds is 5.